The van der Waals surface area contributed by atoms with Crippen molar-refractivity contribution in [3.63, 3.8) is 0 Å². The standard InChI is InChI=1S/C26H33ClN4O3/c1-4-22-16-30(9-10-31(22)26(33)24-6-5-11-34-24)15-20-12-21(27)13-23(18(20)3)29-25(32)19-8-7-17(2)28-14-19/h7-8,12-14,22,24H,4-6,9-11,15-16H2,1-3H3,(H,29,32). The van der Waals surface area contributed by atoms with Gasteiger partial charge in [-0.3, -0.25) is 19.5 Å². The van der Waals surface area contributed by atoms with Crippen LogP contribution in [0.1, 0.15) is 53.4 Å². The van der Waals surface area contributed by atoms with Gasteiger partial charge in [0.15, 0.2) is 0 Å². The van der Waals surface area contributed by atoms with Gasteiger partial charge >= 0.3 is 0 Å². The average Bonchev–Trinajstić information content (AvgIpc) is 3.37. The van der Waals surface area contributed by atoms with E-state index in [4.69, 9.17) is 16.3 Å². The first kappa shape index (κ1) is 24.6. The third-order valence-electron chi connectivity index (χ3n) is 6.82. The summed E-state index contributed by atoms with van der Waals surface area (Å²) in [6.45, 7) is 9.69. The van der Waals surface area contributed by atoms with Crippen molar-refractivity contribution < 1.29 is 14.3 Å². The molecule has 1 aromatic carbocycles. The number of rotatable bonds is 6. The number of aromatic nitrogens is 1. The van der Waals surface area contributed by atoms with Crippen LogP contribution in [0.2, 0.25) is 5.02 Å². The zero-order valence-corrected chi connectivity index (χ0v) is 20.9. The van der Waals surface area contributed by atoms with Crippen molar-refractivity contribution in [2.75, 3.05) is 31.6 Å². The number of aryl methyl sites for hydroxylation is 1. The van der Waals surface area contributed by atoms with Gasteiger partial charge in [0.1, 0.15) is 6.10 Å². The van der Waals surface area contributed by atoms with E-state index in [1.54, 1.807) is 18.3 Å². The highest BCUT2D eigenvalue weighted by Crippen LogP contribution is 2.28. The molecule has 8 heteroatoms. The summed E-state index contributed by atoms with van der Waals surface area (Å²) < 4.78 is 5.64. The lowest BCUT2D eigenvalue weighted by Crippen LogP contribution is -2.56. The van der Waals surface area contributed by atoms with E-state index in [0.717, 1.165) is 49.2 Å². The Morgan fingerprint density at radius 3 is 2.74 bits per heavy atom. The Hall–Kier alpha value is -2.48. The fraction of sp³-hybridized carbons (Fsp3) is 0.500. The quantitative estimate of drug-likeness (QED) is 0.665. The number of piperazine rings is 1. The molecule has 2 atom stereocenters. The summed E-state index contributed by atoms with van der Waals surface area (Å²) in [5.41, 5.74) is 4.12. The summed E-state index contributed by atoms with van der Waals surface area (Å²) in [6.07, 6.45) is 3.99. The number of amides is 2. The highest BCUT2D eigenvalue weighted by molar-refractivity contribution is 6.31. The van der Waals surface area contributed by atoms with E-state index in [0.29, 0.717) is 36.0 Å². The molecule has 2 fully saturated rings. The van der Waals surface area contributed by atoms with Crippen LogP contribution < -0.4 is 5.32 Å². The van der Waals surface area contributed by atoms with E-state index >= 15 is 0 Å². The number of hydrogen-bond donors (Lipinski definition) is 1. The number of halogens is 1. The number of anilines is 1. The van der Waals surface area contributed by atoms with E-state index < -0.39 is 0 Å². The van der Waals surface area contributed by atoms with Gasteiger partial charge in [-0.2, -0.15) is 0 Å². The van der Waals surface area contributed by atoms with Crippen LogP contribution in [0.15, 0.2) is 30.5 Å². The van der Waals surface area contributed by atoms with Crippen LogP contribution in [0.5, 0.6) is 0 Å². The first-order valence-electron chi connectivity index (χ1n) is 12.0. The van der Waals surface area contributed by atoms with Crippen molar-refractivity contribution in [2.45, 2.75) is 58.7 Å². The minimum Gasteiger partial charge on any atom is -0.368 e. The molecule has 2 saturated heterocycles. The molecule has 3 heterocycles. The lowest BCUT2D eigenvalue weighted by atomic mass is 10.0. The van der Waals surface area contributed by atoms with Crippen LogP contribution in [-0.2, 0) is 16.1 Å². The predicted octanol–water partition coefficient (Wildman–Crippen LogP) is 4.21. The number of ether oxygens (including phenoxy) is 1. The molecule has 0 saturated carbocycles. The fourth-order valence-corrected chi connectivity index (χ4v) is 4.97. The molecule has 0 spiro atoms. The number of pyridine rings is 1. The maximum atomic E-state index is 12.9. The van der Waals surface area contributed by atoms with Gasteiger partial charge in [0.05, 0.1) is 5.56 Å². The van der Waals surface area contributed by atoms with Gasteiger partial charge in [0.2, 0.25) is 0 Å². The van der Waals surface area contributed by atoms with Crippen LogP contribution in [0.3, 0.4) is 0 Å². The van der Waals surface area contributed by atoms with E-state index in [1.807, 2.05) is 30.9 Å². The molecule has 2 aromatic rings. The molecule has 0 radical (unpaired) electrons. The highest BCUT2D eigenvalue weighted by atomic mass is 35.5. The molecular weight excluding hydrogens is 452 g/mol. The lowest BCUT2D eigenvalue weighted by molar-refractivity contribution is -0.146. The van der Waals surface area contributed by atoms with E-state index in [9.17, 15) is 9.59 Å². The molecule has 2 aliphatic heterocycles. The molecule has 2 aliphatic rings. The molecular formula is C26H33ClN4O3. The molecule has 2 unspecified atom stereocenters. The van der Waals surface area contributed by atoms with Crippen molar-refractivity contribution in [1.29, 1.82) is 0 Å². The van der Waals surface area contributed by atoms with Crippen LogP contribution in [0.25, 0.3) is 0 Å². The van der Waals surface area contributed by atoms with Crippen molar-refractivity contribution in [3.05, 3.63) is 57.9 Å². The van der Waals surface area contributed by atoms with Crippen molar-refractivity contribution in [2.24, 2.45) is 0 Å². The van der Waals surface area contributed by atoms with Crippen molar-refractivity contribution in [3.8, 4) is 0 Å². The molecule has 2 amide bonds. The first-order chi connectivity index (χ1) is 16.4. The minimum atomic E-state index is -0.273. The minimum absolute atomic E-state index is 0.138. The third-order valence-corrected chi connectivity index (χ3v) is 7.04. The van der Waals surface area contributed by atoms with Gasteiger partial charge in [0.25, 0.3) is 11.8 Å². The summed E-state index contributed by atoms with van der Waals surface area (Å²) in [4.78, 5) is 34.2. The average molecular weight is 485 g/mol. The van der Waals surface area contributed by atoms with Gasteiger partial charge in [-0.25, -0.2) is 0 Å². The van der Waals surface area contributed by atoms with E-state index in [-0.39, 0.29) is 24.0 Å². The number of benzene rings is 1. The fourth-order valence-electron chi connectivity index (χ4n) is 4.73. The summed E-state index contributed by atoms with van der Waals surface area (Å²) in [7, 11) is 0. The normalized spacial score (nSPS) is 21.0. The summed E-state index contributed by atoms with van der Waals surface area (Å²) in [6, 6.07) is 7.50. The summed E-state index contributed by atoms with van der Waals surface area (Å²) in [5.74, 6) is -0.0744. The third kappa shape index (κ3) is 5.59. The molecule has 1 aromatic heterocycles. The van der Waals surface area contributed by atoms with Crippen LogP contribution in [-0.4, -0.2) is 65.0 Å². The molecule has 4 rings (SSSR count). The topological polar surface area (TPSA) is 74.8 Å². The van der Waals surface area contributed by atoms with Crippen LogP contribution in [0.4, 0.5) is 5.69 Å². The molecule has 34 heavy (non-hydrogen) atoms. The van der Waals surface area contributed by atoms with E-state index in [1.165, 1.54) is 0 Å². The highest BCUT2D eigenvalue weighted by Gasteiger charge is 2.35. The van der Waals surface area contributed by atoms with Crippen molar-refractivity contribution >= 4 is 29.1 Å². The Labute approximate surface area is 206 Å². The number of hydrogen-bond acceptors (Lipinski definition) is 5. The largest absolute Gasteiger partial charge is 0.368 e. The Bertz CT molecular complexity index is 1040. The van der Waals surface area contributed by atoms with Gasteiger partial charge in [-0.05, 0) is 68.5 Å². The predicted molar refractivity (Wildman–Crippen MR) is 133 cm³/mol. The lowest BCUT2D eigenvalue weighted by Gasteiger charge is -2.42. The second-order valence-corrected chi connectivity index (χ2v) is 9.65. The first-order valence-corrected chi connectivity index (χ1v) is 12.4. The zero-order chi connectivity index (χ0) is 24.2. The Balaban J connectivity index is 1.44. The Morgan fingerprint density at radius 1 is 1.24 bits per heavy atom. The van der Waals surface area contributed by atoms with Gasteiger partial charge in [-0.1, -0.05) is 18.5 Å². The molecule has 0 aliphatic carbocycles. The zero-order valence-electron chi connectivity index (χ0n) is 20.1. The summed E-state index contributed by atoms with van der Waals surface area (Å²) >= 11 is 6.43. The number of nitrogens with one attached hydrogen (secondary N) is 1. The van der Waals surface area contributed by atoms with Gasteiger partial charge in [0, 0.05) is 61.4 Å². The molecule has 182 valence electrons. The van der Waals surface area contributed by atoms with Gasteiger partial charge in [-0.15, -0.1) is 0 Å². The maximum Gasteiger partial charge on any atom is 0.257 e. The molecule has 0 bridgehead atoms. The number of carbonyl (C=O) groups excluding carboxylic acids is 2. The number of nitrogens with zero attached hydrogens (tertiary/aromatic N) is 3. The van der Waals surface area contributed by atoms with E-state index in [2.05, 4.69) is 22.1 Å². The van der Waals surface area contributed by atoms with Crippen LogP contribution in [0, 0.1) is 13.8 Å². The second-order valence-electron chi connectivity index (χ2n) is 9.21. The Kier molecular flexibility index (Phi) is 7.86. The van der Waals surface area contributed by atoms with Gasteiger partial charge < -0.3 is 15.0 Å². The smallest absolute Gasteiger partial charge is 0.257 e. The maximum absolute atomic E-state index is 12.9. The summed E-state index contributed by atoms with van der Waals surface area (Å²) in [5, 5.41) is 3.57. The molecule has 1 N–H and O–H groups in total. The monoisotopic (exact) mass is 484 g/mol. The SMILES string of the molecule is CCC1CN(Cc2cc(Cl)cc(NC(=O)c3ccc(C)nc3)c2C)CCN1C(=O)C1CCCO1. The number of carbonyl (C=O) groups is 2. The Morgan fingerprint density at radius 2 is 2.06 bits per heavy atom. The van der Waals surface area contributed by atoms with Crippen LogP contribution >= 0.6 is 11.6 Å². The second kappa shape index (κ2) is 10.8. The molecule has 7 nitrogen and oxygen atoms in total. The van der Waals surface area contributed by atoms with Crippen molar-refractivity contribution in [1.82, 2.24) is 14.8 Å².